The van der Waals surface area contributed by atoms with Gasteiger partial charge >= 0.3 is 0 Å². The topological polar surface area (TPSA) is 3.24 Å². The molecule has 0 radical (unpaired) electrons. The molecule has 0 amide bonds. The van der Waals surface area contributed by atoms with E-state index in [-0.39, 0.29) is 5.54 Å². The van der Waals surface area contributed by atoms with Crippen molar-refractivity contribution in [1.82, 2.24) is 4.90 Å². The van der Waals surface area contributed by atoms with Gasteiger partial charge in [-0.25, -0.2) is 4.39 Å². The molecular formula is C9H16FNS. The highest BCUT2D eigenvalue weighted by Crippen LogP contribution is 2.41. The van der Waals surface area contributed by atoms with E-state index in [0.717, 1.165) is 18.7 Å². The Morgan fingerprint density at radius 2 is 2.50 bits per heavy atom. The van der Waals surface area contributed by atoms with Gasteiger partial charge in [0.25, 0.3) is 0 Å². The van der Waals surface area contributed by atoms with E-state index in [1.165, 1.54) is 12.8 Å². The fourth-order valence-corrected chi connectivity index (χ4v) is 3.70. The molecule has 2 aliphatic heterocycles. The van der Waals surface area contributed by atoms with E-state index < -0.39 is 6.17 Å². The Bertz CT molecular complexity index is 176. The van der Waals surface area contributed by atoms with E-state index in [2.05, 4.69) is 11.2 Å². The van der Waals surface area contributed by atoms with Gasteiger partial charge in [0.15, 0.2) is 0 Å². The molecule has 0 aliphatic carbocycles. The molecule has 1 nitrogen and oxygen atoms in total. The van der Waals surface area contributed by atoms with Crippen LogP contribution in [0.15, 0.2) is 0 Å². The van der Waals surface area contributed by atoms with Gasteiger partial charge in [-0.3, -0.25) is 4.90 Å². The molecule has 3 heteroatoms. The molecule has 12 heavy (non-hydrogen) atoms. The van der Waals surface area contributed by atoms with Crippen LogP contribution in [0.1, 0.15) is 19.3 Å². The van der Waals surface area contributed by atoms with Crippen LogP contribution in [0.2, 0.25) is 0 Å². The minimum Gasteiger partial charge on any atom is -0.294 e. The van der Waals surface area contributed by atoms with Gasteiger partial charge in [0, 0.05) is 17.8 Å². The Morgan fingerprint density at radius 1 is 1.67 bits per heavy atom. The quantitative estimate of drug-likeness (QED) is 0.653. The predicted molar refractivity (Wildman–Crippen MR) is 51.4 cm³/mol. The van der Waals surface area contributed by atoms with E-state index in [1.54, 1.807) is 0 Å². The number of hydrogen-bond acceptors (Lipinski definition) is 2. The highest BCUT2D eigenvalue weighted by molar-refractivity contribution is 7.98. The van der Waals surface area contributed by atoms with Crippen molar-refractivity contribution in [1.29, 1.82) is 0 Å². The van der Waals surface area contributed by atoms with E-state index in [4.69, 9.17) is 0 Å². The van der Waals surface area contributed by atoms with Gasteiger partial charge in [-0.15, -0.1) is 0 Å². The number of thioether (sulfide) groups is 1. The van der Waals surface area contributed by atoms with Crippen LogP contribution in [0.5, 0.6) is 0 Å². The summed E-state index contributed by atoms with van der Waals surface area (Å²) in [5, 5.41) is 0. The van der Waals surface area contributed by atoms with Crippen LogP contribution >= 0.6 is 11.8 Å². The molecule has 2 atom stereocenters. The van der Waals surface area contributed by atoms with Crippen LogP contribution in [0, 0.1) is 0 Å². The first-order valence-electron chi connectivity index (χ1n) is 4.65. The van der Waals surface area contributed by atoms with Crippen LogP contribution in [0.25, 0.3) is 0 Å². The van der Waals surface area contributed by atoms with E-state index >= 15 is 0 Å². The molecule has 0 N–H and O–H groups in total. The summed E-state index contributed by atoms with van der Waals surface area (Å²) in [6, 6.07) is 0. The maximum Gasteiger partial charge on any atom is 0.115 e. The van der Waals surface area contributed by atoms with E-state index in [9.17, 15) is 4.39 Å². The van der Waals surface area contributed by atoms with Gasteiger partial charge in [0.05, 0.1) is 0 Å². The highest BCUT2D eigenvalue weighted by atomic mass is 32.2. The summed E-state index contributed by atoms with van der Waals surface area (Å²) in [6.07, 6.45) is 4.84. The van der Waals surface area contributed by atoms with Crippen molar-refractivity contribution in [2.75, 3.05) is 25.1 Å². The first-order valence-corrected chi connectivity index (χ1v) is 6.04. The molecule has 0 bridgehead atoms. The average Bonchev–Trinajstić information content (AvgIpc) is 2.44. The van der Waals surface area contributed by atoms with Gasteiger partial charge in [0.2, 0.25) is 0 Å². The van der Waals surface area contributed by atoms with Crippen LogP contribution in [-0.4, -0.2) is 41.7 Å². The molecule has 0 unspecified atom stereocenters. The summed E-state index contributed by atoms with van der Waals surface area (Å²) in [6.45, 7) is 1.82. The SMILES string of the molecule is CSC[C@@]12CCCN1C[C@H](F)C2. The molecule has 2 heterocycles. The summed E-state index contributed by atoms with van der Waals surface area (Å²) in [4.78, 5) is 2.37. The highest BCUT2D eigenvalue weighted by Gasteiger charge is 2.47. The fraction of sp³-hybridized carbons (Fsp3) is 1.00. The molecule has 2 saturated heterocycles. The van der Waals surface area contributed by atoms with Crippen molar-refractivity contribution in [2.24, 2.45) is 0 Å². The second-order valence-electron chi connectivity index (χ2n) is 4.01. The number of nitrogens with zero attached hydrogens (tertiary/aromatic N) is 1. The summed E-state index contributed by atoms with van der Waals surface area (Å²) in [5.41, 5.74) is 0.249. The lowest BCUT2D eigenvalue weighted by Crippen LogP contribution is -2.40. The number of hydrogen-bond donors (Lipinski definition) is 0. The zero-order valence-corrected chi connectivity index (χ0v) is 8.37. The second kappa shape index (κ2) is 3.18. The van der Waals surface area contributed by atoms with Crippen molar-refractivity contribution < 1.29 is 4.39 Å². The maximum absolute atomic E-state index is 13.2. The minimum atomic E-state index is -0.558. The smallest absolute Gasteiger partial charge is 0.115 e. The Labute approximate surface area is 77.7 Å². The van der Waals surface area contributed by atoms with Crippen LogP contribution in [0.3, 0.4) is 0 Å². The lowest BCUT2D eigenvalue weighted by molar-refractivity contribution is 0.222. The standard InChI is InChI=1S/C9H16FNS/c1-12-7-9-3-2-4-11(9)6-8(10)5-9/h8H,2-7H2,1H3/t8-,9+/m1/s1. The third kappa shape index (κ3) is 1.27. The lowest BCUT2D eigenvalue weighted by atomic mass is 9.96. The van der Waals surface area contributed by atoms with Crippen molar-refractivity contribution in [3.05, 3.63) is 0 Å². The zero-order valence-electron chi connectivity index (χ0n) is 7.55. The summed E-state index contributed by atoms with van der Waals surface area (Å²) in [5.74, 6) is 1.12. The Kier molecular flexibility index (Phi) is 2.34. The molecule has 2 fully saturated rings. The maximum atomic E-state index is 13.2. The predicted octanol–water partition coefficient (Wildman–Crippen LogP) is 1.93. The largest absolute Gasteiger partial charge is 0.294 e. The molecule has 0 aromatic carbocycles. The minimum absolute atomic E-state index is 0.249. The molecule has 0 aromatic rings. The van der Waals surface area contributed by atoms with Crippen molar-refractivity contribution in [2.45, 2.75) is 31.0 Å². The summed E-state index contributed by atoms with van der Waals surface area (Å²) in [7, 11) is 0. The van der Waals surface area contributed by atoms with Gasteiger partial charge in [-0.2, -0.15) is 11.8 Å². The molecular weight excluding hydrogens is 173 g/mol. The molecule has 70 valence electrons. The van der Waals surface area contributed by atoms with Crippen LogP contribution in [0.4, 0.5) is 4.39 Å². The van der Waals surface area contributed by atoms with Crippen LogP contribution < -0.4 is 0 Å². The lowest BCUT2D eigenvalue weighted by Gasteiger charge is -2.30. The molecule has 2 aliphatic rings. The normalized spacial score (nSPS) is 42.0. The summed E-state index contributed by atoms with van der Waals surface area (Å²) < 4.78 is 13.2. The number of fused-ring (bicyclic) bond motifs is 1. The van der Waals surface area contributed by atoms with Gasteiger partial charge in [-0.05, 0) is 32.1 Å². The molecule has 0 saturated carbocycles. The Hall–Kier alpha value is 0.240. The third-order valence-corrected chi connectivity index (χ3v) is 4.00. The van der Waals surface area contributed by atoms with E-state index in [1.807, 2.05) is 11.8 Å². The number of alkyl halides is 1. The van der Waals surface area contributed by atoms with Gasteiger partial charge in [0.1, 0.15) is 6.17 Å². The van der Waals surface area contributed by atoms with Crippen molar-refractivity contribution in [3.63, 3.8) is 0 Å². The van der Waals surface area contributed by atoms with E-state index in [0.29, 0.717) is 6.54 Å². The first-order chi connectivity index (χ1) is 5.77. The molecule has 2 rings (SSSR count). The number of rotatable bonds is 2. The third-order valence-electron chi connectivity index (χ3n) is 3.17. The van der Waals surface area contributed by atoms with Crippen molar-refractivity contribution in [3.8, 4) is 0 Å². The Morgan fingerprint density at radius 3 is 3.25 bits per heavy atom. The molecule has 0 spiro atoms. The monoisotopic (exact) mass is 189 g/mol. The number of halogens is 1. The Balaban J connectivity index is 2.09. The molecule has 0 aromatic heterocycles. The van der Waals surface area contributed by atoms with Crippen molar-refractivity contribution >= 4 is 11.8 Å². The first kappa shape index (κ1) is 8.82. The average molecular weight is 189 g/mol. The van der Waals surface area contributed by atoms with Gasteiger partial charge < -0.3 is 0 Å². The van der Waals surface area contributed by atoms with Crippen LogP contribution in [-0.2, 0) is 0 Å². The zero-order chi connectivity index (χ0) is 8.60. The fourth-order valence-electron chi connectivity index (χ4n) is 2.72. The van der Waals surface area contributed by atoms with Gasteiger partial charge in [-0.1, -0.05) is 0 Å². The summed E-state index contributed by atoms with van der Waals surface area (Å²) >= 11 is 1.86. The second-order valence-corrected chi connectivity index (χ2v) is 4.87.